The van der Waals surface area contributed by atoms with Gasteiger partial charge in [0.15, 0.2) is 0 Å². The summed E-state index contributed by atoms with van der Waals surface area (Å²) >= 11 is 0. The molecule has 0 aromatic rings. The molecule has 0 aliphatic carbocycles. The first kappa shape index (κ1) is 16.6. The molecule has 1 fully saturated rings. The van der Waals surface area contributed by atoms with Crippen molar-refractivity contribution in [1.82, 2.24) is 5.06 Å². The molecular formula is C13H22N2O5. The number of hydroxylamine groups is 2. The van der Waals surface area contributed by atoms with Gasteiger partial charge in [0.05, 0.1) is 0 Å². The van der Waals surface area contributed by atoms with Crippen LogP contribution in [0.3, 0.4) is 0 Å². The minimum Gasteiger partial charge on any atom is -0.392 e. The van der Waals surface area contributed by atoms with Gasteiger partial charge < -0.3 is 15.3 Å². The third kappa shape index (κ3) is 4.28. The van der Waals surface area contributed by atoms with Gasteiger partial charge in [-0.15, -0.1) is 5.06 Å². The van der Waals surface area contributed by atoms with Gasteiger partial charge in [-0.2, -0.15) is 0 Å². The maximum absolute atomic E-state index is 11.9. The van der Waals surface area contributed by atoms with Crippen LogP contribution in [0, 0.1) is 5.92 Å². The van der Waals surface area contributed by atoms with E-state index in [1.54, 1.807) is 0 Å². The van der Waals surface area contributed by atoms with Gasteiger partial charge in [0.1, 0.15) is 12.1 Å². The van der Waals surface area contributed by atoms with E-state index in [0.29, 0.717) is 19.4 Å². The molecular weight excluding hydrogens is 264 g/mol. The van der Waals surface area contributed by atoms with Crippen LogP contribution < -0.4 is 5.73 Å². The van der Waals surface area contributed by atoms with Crippen LogP contribution in [-0.4, -0.2) is 41.6 Å². The molecule has 1 rings (SSSR count). The Morgan fingerprint density at radius 3 is 2.60 bits per heavy atom. The zero-order valence-corrected chi connectivity index (χ0v) is 12.1. The zero-order chi connectivity index (χ0) is 15.3. The number of hydrogen-bond acceptors (Lipinski definition) is 7. The summed E-state index contributed by atoms with van der Waals surface area (Å²) < 4.78 is 4.53. The van der Waals surface area contributed by atoms with E-state index in [1.165, 1.54) is 5.06 Å². The van der Waals surface area contributed by atoms with E-state index in [-0.39, 0.29) is 5.92 Å². The Balaban J connectivity index is 2.59. The largest absolute Gasteiger partial charge is 0.392 e. The van der Waals surface area contributed by atoms with Crippen LogP contribution in [0.1, 0.15) is 40.0 Å². The number of carbonyl (C=O) groups excluding carboxylic acids is 3. The lowest BCUT2D eigenvalue weighted by atomic mass is 10.0. The van der Waals surface area contributed by atoms with Gasteiger partial charge in [0, 0.05) is 13.5 Å². The fourth-order valence-electron chi connectivity index (χ4n) is 1.96. The van der Waals surface area contributed by atoms with E-state index >= 15 is 0 Å². The molecule has 7 heteroatoms. The van der Waals surface area contributed by atoms with E-state index < -0.39 is 30.0 Å². The third-order valence-corrected chi connectivity index (χ3v) is 3.46. The van der Waals surface area contributed by atoms with Crippen LogP contribution in [0.15, 0.2) is 0 Å². The molecule has 0 aromatic heterocycles. The SMILES string of the molecule is CC[C@H](C)[C@H](N)C(=O)ON1CCC[C@H]1C(=O)OC(C)=O. The van der Waals surface area contributed by atoms with Gasteiger partial charge in [-0.1, -0.05) is 20.3 Å². The molecule has 1 aliphatic rings. The summed E-state index contributed by atoms with van der Waals surface area (Å²) in [5.74, 6) is -1.95. The van der Waals surface area contributed by atoms with E-state index in [0.717, 1.165) is 13.3 Å². The molecule has 3 atom stereocenters. The second-order valence-electron chi connectivity index (χ2n) is 5.03. The first-order chi connectivity index (χ1) is 9.36. The van der Waals surface area contributed by atoms with E-state index in [4.69, 9.17) is 10.6 Å². The molecule has 0 bridgehead atoms. The predicted molar refractivity (Wildman–Crippen MR) is 70.0 cm³/mol. The van der Waals surface area contributed by atoms with E-state index in [9.17, 15) is 14.4 Å². The summed E-state index contributed by atoms with van der Waals surface area (Å²) in [7, 11) is 0. The Labute approximate surface area is 118 Å². The lowest BCUT2D eigenvalue weighted by Gasteiger charge is -2.24. The van der Waals surface area contributed by atoms with Crippen LogP contribution in [0.4, 0.5) is 0 Å². The van der Waals surface area contributed by atoms with Gasteiger partial charge in [-0.05, 0) is 18.8 Å². The van der Waals surface area contributed by atoms with Crippen LogP contribution in [0.2, 0.25) is 0 Å². The Morgan fingerprint density at radius 2 is 2.05 bits per heavy atom. The molecule has 0 spiro atoms. The van der Waals surface area contributed by atoms with Crippen molar-refractivity contribution in [3.63, 3.8) is 0 Å². The highest BCUT2D eigenvalue weighted by atomic mass is 16.7. The quantitative estimate of drug-likeness (QED) is 0.576. The van der Waals surface area contributed by atoms with E-state index in [1.807, 2.05) is 13.8 Å². The zero-order valence-electron chi connectivity index (χ0n) is 12.1. The molecule has 1 saturated heterocycles. The Hall–Kier alpha value is -1.47. The number of nitrogens with zero attached hydrogens (tertiary/aromatic N) is 1. The smallest absolute Gasteiger partial charge is 0.342 e. The first-order valence-corrected chi connectivity index (χ1v) is 6.83. The van der Waals surface area contributed by atoms with Crippen molar-refractivity contribution in [2.24, 2.45) is 11.7 Å². The molecule has 1 aliphatic heterocycles. The van der Waals surface area contributed by atoms with Gasteiger partial charge in [0.2, 0.25) is 0 Å². The minimum absolute atomic E-state index is 0.00674. The summed E-state index contributed by atoms with van der Waals surface area (Å²) in [6.45, 7) is 5.37. The first-order valence-electron chi connectivity index (χ1n) is 6.83. The van der Waals surface area contributed by atoms with Crippen LogP contribution in [0.5, 0.6) is 0 Å². The second kappa shape index (κ2) is 7.35. The molecule has 20 heavy (non-hydrogen) atoms. The monoisotopic (exact) mass is 286 g/mol. The van der Waals surface area contributed by atoms with Crippen molar-refractivity contribution in [1.29, 1.82) is 0 Å². The van der Waals surface area contributed by atoms with Gasteiger partial charge in [0.25, 0.3) is 0 Å². The average Bonchev–Trinajstić information content (AvgIpc) is 2.84. The van der Waals surface area contributed by atoms with Gasteiger partial charge in [-0.3, -0.25) is 4.79 Å². The number of carbonyl (C=O) groups is 3. The highest BCUT2D eigenvalue weighted by Gasteiger charge is 2.37. The van der Waals surface area contributed by atoms with Crippen LogP contribution in [-0.2, 0) is 24.0 Å². The summed E-state index contributed by atoms with van der Waals surface area (Å²) in [6.07, 6.45) is 1.92. The van der Waals surface area contributed by atoms with Gasteiger partial charge in [-0.25, -0.2) is 9.59 Å². The minimum atomic E-state index is -0.731. The molecule has 1 heterocycles. The second-order valence-corrected chi connectivity index (χ2v) is 5.03. The highest BCUT2D eigenvalue weighted by molar-refractivity contribution is 5.87. The highest BCUT2D eigenvalue weighted by Crippen LogP contribution is 2.20. The topological polar surface area (TPSA) is 98.9 Å². The fourth-order valence-corrected chi connectivity index (χ4v) is 1.96. The normalized spacial score (nSPS) is 22.1. The Bertz CT molecular complexity index is 385. The van der Waals surface area contributed by atoms with Crippen LogP contribution in [0.25, 0.3) is 0 Å². The summed E-state index contributed by atoms with van der Waals surface area (Å²) in [5.41, 5.74) is 5.78. The lowest BCUT2D eigenvalue weighted by molar-refractivity contribution is -0.203. The molecule has 0 saturated carbocycles. The van der Waals surface area contributed by atoms with E-state index in [2.05, 4.69) is 4.74 Å². The number of esters is 2. The van der Waals surface area contributed by atoms with Gasteiger partial charge >= 0.3 is 17.9 Å². The Morgan fingerprint density at radius 1 is 1.40 bits per heavy atom. The number of ether oxygens (including phenoxy) is 1. The number of rotatable bonds is 5. The molecule has 0 amide bonds. The van der Waals surface area contributed by atoms with Crippen molar-refractivity contribution in [2.45, 2.75) is 52.1 Å². The Kier molecular flexibility index (Phi) is 6.09. The maximum atomic E-state index is 11.9. The molecule has 7 nitrogen and oxygen atoms in total. The molecule has 2 N–H and O–H groups in total. The van der Waals surface area contributed by atoms with Crippen molar-refractivity contribution < 1.29 is 24.0 Å². The molecule has 0 radical (unpaired) electrons. The molecule has 114 valence electrons. The third-order valence-electron chi connectivity index (χ3n) is 3.46. The number of hydrogen-bond donors (Lipinski definition) is 1. The molecule has 0 unspecified atom stereocenters. The molecule has 0 aromatic carbocycles. The summed E-state index contributed by atoms with van der Waals surface area (Å²) in [6, 6.07) is -1.46. The van der Waals surface area contributed by atoms with Crippen molar-refractivity contribution >= 4 is 17.9 Å². The summed E-state index contributed by atoms with van der Waals surface area (Å²) in [4.78, 5) is 39.5. The van der Waals surface area contributed by atoms with Crippen molar-refractivity contribution in [3.8, 4) is 0 Å². The fraction of sp³-hybridized carbons (Fsp3) is 0.769. The van der Waals surface area contributed by atoms with Crippen molar-refractivity contribution in [3.05, 3.63) is 0 Å². The lowest BCUT2D eigenvalue weighted by Crippen LogP contribution is -2.45. The maximum Gasteiger partial charge on any atom is 0.342 e. The predicted octanol–water partition coefficient (Wildman–Crippen LogP) is 0.372. The average molecular weight is 286 g/mol. The summed E-state index contributed by atoms with van der Waals surface area (Å²) in [5, 5.41) is 1.26. The standard InChI is InChI=1S/C13H22N2O5/c1-4-8(2)11(14)13(18)20-15-7-5-6-10(15)12(17)19-9(3)16/h8,10-11H,4-7,14H2,1-3H3/t8-,10-,11-/m0/s1. The van der Waals surface area contributed by atoms with Crippen LogP contribution >= 0.6 is 0 Å². The number of nitrogens with two attached hydrogens (primary N) is 1. The van der Waals surface area contributed by atoms with Crippen molar-refractivity contribution in [2.75, 3.05) is 6.54 Å².